The lowest BCUT2D eigenvalue weighted by Crippen LogP contribution is -2.27. The highest BCUT2D eigenvalue weighted by atomic mass is 19.1. The number of halogens is 2. The molecular formula is C85H68F2N2O2. The number of hydrogen-bond donors (Lipinski definition) is 0. The number of para-hydroxylation sites is 2. The molecule has 2 aliphatic rings. The minimum absolute atomic E-state index is 0.106. The normalized spacial score (nSPS) is 13.1. The van der Waals surface area contributed by atoms with Crippen molar-refractivity contribution in [3.63, 3.8) is 0 Å². The molecule has 0 saturated heterocycles. The summed E-state index contributed by atoms with van der Waals surface area (Å²) in [4.78, 5) is 4.72. The van der Waals surface area contributed by atoms with Crippen LogP contribution in [0.3, 0.4) is 0 Å². The lowest BCUT2D eigenvalue weighted by atomic mass is 9.70. The van der Waals surface area contributed by atoms with Crippen molar-refractivity contribution in [2.75, 3.05) is 9.80 Å². The molecule has 4 nitrogen and oxygen atoms in total. The van der Waals surface area contributed by atoms with Crippen LogP contribution >= 0.6 is 0 Å². The predicted molar refractivity (Wildman–Crippen MR) is 374 cm³/mol. The first kappa shape index (κ1) is 56.0. The highest BCUT2D eigenvalue weighted by molar-refractivity contribution is 6.25. The van der Waals surface area contributed by atoms with Crippen molar-refractivity contribution >= 4 is 78.0 Å². The molecule has 0 bridgehead atoms. The number of rotatable bonds is 8. The molecule has 16 rings (SSSR count). The third-order valence-corrected chi connectivity index (χ3v) is 19.2. The van der Waals surface area contributed by atoms with Gasteiger partial charge in [-0.2, -0.15) is 0 Å². The Hall–Kier alpha value is -10.3. The van der Waals surface area contributed by atoms with E-state index in [4.69, 9.17) is 8.83 Å². The van der Waals surface area contributed by atoms with Gasteiger partial charge in [0, 0.05) is 50.2 Å². The fourth-order valence-electron chi connectivity index (χ4n) is 15.2. The maximum Gasteiger partial charge on any atom is 0.145 e. The Bertz CT molecular complexity index is 4980. The van der Waals surface area contributed by atoms with Gasteiger partial charge in [0.25, 0.3) is 0 Å². The van der Waals surface area contributed by atoms with Gasteiger partial charge >= 0.3 is 0 Å². The van der Waals surface area contributed by atoms with E-state index in [1.165, 1.54) is 51.6 Å². The summed E-state index contributed by atoms with van der Waals surface area (Å²) in [7, 11) is 0. The van der Waals surface area contributed by atoms with Crippen molar-refractivity contribution in [2.45, 2.75) is 85.5 Å². The van der Waals surface area contributed by atoms with Gasteiger partial charge in [0.1, 0.15) is 34.0 Å². The monoisotopic (exact) mass is 1190 g/mol. The zero-order chi connectivity index (χ0) is 62.6. The molecular weight excluding hydrogens is 1120 g/mol. The summed E-state index contributed by atoms with van der Waals surface area (Å²) in [6.45, 7) is 22.0. The Morgan fingerprint density at radius 2 is 0.758 bits per heavy atom. The molecule has 0 amide bonds. The Kier molecular flexibility index (Phi) is 12.5. The van der Waals surface area contributed by atoms with E-state index in [0.717, 1.165) is 117 Å². The fourth-order valence-corrected chi connectivity index (χ4v) is 15.2. The molecule has 0 fully saturated rings. The SMILES string of the molecule is Cc1cc(C)cc(-c2ccc(N(c3ccc(C(C)(C)C)cc3)c3cc4c(c5oc6ccccc6c35)-c3c(cc(N(c5ccc(-c6cc(C)cc(C)c6)cc5)c5ccc(C(C)(C)C)cc5)c5c3oc3ccccc35)C43c4ccc(F)cc4-c4c(F)cccc43)cc2)c1. The number of fused-ring (bicyclic) bond motifs is 18. The smallest absolute Gasteiger partial charge is 0.145 e. The third-order valence-electron chi connectivity index (χ3n) is 19.2. The summed E-state index contributed by atoms with van der Waals surface area (Å²) >= 11 is 0. The van der Waals surface area contributed by atoms with Gasteiger partial charge in [-0.15, -0.1) is 0 Å². The molecule has 0 N–H and O–H groups in total. The molecule has 14 aromatic rings. The highest BCUT2D eigenvalue weighted by Crippen LogP contribution is 2.68. The summed E-state index contributed by atoms with van der Waals surface area (Å²) in [6.07, 6.45) is 0. The quantitative estimate of drug-likeness (QED) is 0.152. The molecule has 2 aliphatic carbocycles. The maximum absolute atomic E-state index is 17.6. The summed E-state index contributed by atoms with van der Waals surface area (Å²) in [6, 6.07) is 80.5. The van der Waals surface area contributed by atoms with Gasteiger partial charge in [0.05, 0.1) is 27.6 Å². The van der Waals surface area contributed by atoms with Crippen LogP contribution in [0.4, 0.5) is 42.9 Å². The standard InChI is InChI=1S/C85H68F2N2O2/c1-49-40-50(2)43-55(42-49)53-22-31-60(32-23-53)88(62-35-26-57(27-36-62)83(5,6)7)72-47-69-79(81-77(72)64-16-11-13-20-74(64)90-81)80-70(85(69)67-39-30-59(86)46-66(67)76-68(85)18-15-19-71(76)87)48-73(78-65-17-12-14-21-75(65)91-82(78)80)89(63-37-28-58(29-38-63)84(8,9)10)61-33-24-54(25-34-61)56-44-51(3)41-52(4)45-56/h11-48H,1-10H3. The van der Waals surface area contributed by atoms with Crippen molar-refractivity contribution in [3.8, 4) is 44.5 Å². The predicted octanol–water partition coefficient (Wildman–Crippen LogP) is 24.2. The van der Waals surface area contributed by atoms with Crippen LogP contribution in [-0.2, 0) is 16.2 Å². The molecule has 0 radical (unpaired) electrons. The first-order valence-corrected chi connectivity index (χ1v) is 31.6. The average molecular weight is 1190 g/mol. The fraction of sp³-hybridized carbons (Fsp3) is 0.153. The molecule has 0 unspecified atom stereocenters. The van der Waals surface area contributed by atoms with Crippen molar-refractivity contribution in [3.05, 3.63) is 298 Å². The van der Waals surface area contributed by atoms with Gasteiger partial charge in [-0.1, -0.05) is 203 Å². The average Bonchev–Trinajstić information content (AvgIpc) is 1.49. The number of anilines is 6. The molecule has 91 heavy (non-hydrogen) atoms. The van der Waals surface area contributed by atoms with Crippen LogP contribution in [0.15, 0.2) is 239 Å². The van der Waals surface area contributed by atoms with Crippen LogP contribution < -0.4 is 9.80 Å². The number of hydrogen-bond acceptors (Lipinski definition) is 4. The molecule has 1 spiro atoms. The number of furan rings is 2. The van der Waals surface area contributed by atoms with Crippen LogP contribution in [0.25, 0.3) is 88.4 Å². The Morgan fingerprint density at radius 3 is 1.18 bits per heavy atom. The second kappa shape index (κ2) is 20.4. The number of nitrogens with zero attached hydrogens (tertiary/aromatic N) is 2. The van der Waals surface area contributed by atoms with E-state index in [1.54, 1.807) is 6.07 Å². The van der Waals surface area contributed by atoms with Crippen LogP contribution in [0.2, 0.25) is 0 Å². The summed E-state index contributed by atoms with van der Waals surface area (Å²) in [5.41, 5.74) is 24.2. The zero-order valence-corrected chi connectivity index (χ0v) is 52.9. The van der Waals surface area contributed by atoms with E-state index >= 15 is 8.78 Å². The molecule has 12 aromatic carbocycles. The Morgan fingerprint density at radius 1 is 0.352 bits per heavy atom. The zero-order valence-electron chi connectivity index (χ0n) is 52.9. The third kappa shape index (κ3) is 8.74. The Labute approximate surface area is 530 Å². The van der Waals surface area contributed by atoms with Gasteiger partial charge in [-0.05, 0) is 191 Å². The van der Waals surface area contributed by atoms with Crippen molar-refractivity contribution < 1.29 is 17.6 Å². The first-order chi connectivity index (χ1) is 43.8. The lowest BCUT2D eigenvalue weighted by molar-refractivity contribution is 0.590. The second-order valence-corrected chi connectivity index (χ2v) is 27.5. The van der Waals surface area contributed by atoms with E-state index in [2.05, 4.69) is 249 Å². The topological polar surface area (TPSA) is 32.8 Å². The van der Waals surface area contributed by atoms with Crippen LogP contribution in [0.1, 0.15) is 97.2 Å². The van der Waals surface area contributed by atoms with Gasteiger partial charge in [0.15, 0.2) is 0 Å². The minimum Gasteiger partial charge on any atom is -0.455 e. The van der Waals surface area contributed by atoms with Gasteiger partial charge in [-0.25, -0.2) is 8.78 Å². The van der Waals surface area contributed by atoms with Gasteiger partial charge in [-0.3, -0.25) is 0 Å². The van der Waals surface area contributed by atoms with Crippen LogP contribution in [-0.4, -0.2) is 0 Å². The largest absolute Gasteiger partial charge is 0.455 e. The highest BCUT2D eigenvalue weighted by Gasteiger charge is 2.56. The molecule has 0 aliphatic heterocycles. The van der Waals surface area contributed by atoms with Gasteiger partial charge in [0.2, 0.25) is 0 Å². The number of benzene rings is 12. The molecule has 6 heteroatoms. The minimum atomic E-state index is -1.28. The van der Waals surface area contributed by atoms with Crippen molar-refractivity contribution in [2.24, 2.45) is 0 Å². The van der Waals surface area contributed by atoms with E-state index < -0.39 is 17.0 Å². The molecule has 0 atom stereocenters. The summed E-state index contributed by atoms with van der Waals surface area (Å²) in [5.74, 6) is -0.881. The van der Waals surface area contributed by atoms with E-state index in [9.17, 15) is 0 Å². The lowest BCUT2D eigenvalue weighted by Gasteiger charge is -2.34. The second-order valence-electron chi connectivity index (χ2n) is 27.5. The summed E-state index contributed by atoms with van der Waals surface area (Å²) in [5, 5.41) is 3.69. The van der Waals surface area contributed by atoms with Crippen molar-refractivity contribution in [1.29, 1.82) is 0 Å². The molecule has 0 saturated carbocycles. The molecule has 444 valence electrons. The van der Waals surface area contributed by atoms with Crippen LogP contribution in [0.5, 0.6) is 0 Å². The summed E-state index contributed by atoms with van der Waals surface area (Å²) < 4.78 is 49.1. The van der Waals surface area contributed by atoms with Crippen molar-refractivity contribution in [1.82, 2.24) is 0 Å². The van der Waals surface area contributed by atoms with E-state index in [-0.39, 0.29) is 10.8 Å². The molecule has 2 heterocycles. The first-order valence-electron chi connectivity index (χ1n) is 31.6. The van der Waals surface area contributed by atoms with Crippen LogP contribution in [0, 0.1) is 39.3 Å². The number of aryl methyl sites for hydroxylation is 4. The van der Waals surface area contributed by atoms with Gasteiger partial charge < -0.3 is 18.6 Å². The maximum atomic E-state index is 17.6. The Balaban J connectivity index is 1.05. The van der Waals surface area contributed by atoms with E-state index in [0.29, 0.717) is 27.9 Å². The van der Waals surface area contributed by atoms with E-state index in [1.807, 2.05) is 36.4 Å². The molecule has 2 aromatic heterocycles.